The zero-order chi connectivity index (χ0) is 17.7. The number of rotatable bonds is 7. The van der Waals surface area contributed by atoms with E-state index in [1.807, 2.05) is 0 Å². The smallest absolute Gasteiger partial charge is 0.387 e. The second kappa shape index (κ2) is 8.05. The van der Waals surface area contributed by atoms with E-state index in [2.05, 4.69) is 14.8 Å². The molecule has 2 rings (SSSR count). The Morgan fingerprint density at radius 2 is 1.71 bits per heavy atom. The van der Waals surface area contributed by atoms with Crippen LogP contribution in [0.2, 0.25) is 5.02 Å². The van der Waals surface area contributed by atoms with Crippen LogP contribution in [0.15, 0.2) is 36.4 Å². The summed E-state index contributed by atoms with van der Waals surface area (Å²) in [7, 11) is 0. The Morgan fingerprint density at radius 1 is 1.00 bits per heavy atom. The SMILES string of the molecule is Fc1cccc(Cl)c1CNc1ccc(OC(F)F)cc1OC(F)F. The van der Waals surface area contributed by atoms with Crippen LogP contribution >= 0.6 is 11.6 Å². The lowest BCUT2D eigenvalue weighted by atomic mass is 10.2. The maximum Gasteiger partial charge on any atom is 0.387 e. The van der Waals surface area contributed by atoms with Crippen LogP contribution in [0.3, 0.4) is 0 Å². The van der Waals surface area contributed by atoms with Gasteiger partial charge in [-0.25, -0.2) is 4.39 Å². The maximum absolute atomic E-state index is 13.7. The highest BCUT2D eigenvalue weighted by atomic mass is 35.5. The monoisotopic (exact) mass is 367 g/mol. The third kappa shape index (κ3) is 4.89. The van der Waals surface area contributed by atoms with Gasteiger partial charge < -0.3 is 14.8 Å². The summed E-state index contributed by atoms with van der Waals surface area (Å²) in [5, 5.41) is 2.82. The number of alkyl halides is 4. The molecule has 9 heteroatoms. The molecule has 2 aromatic rings. The molecule has 0 atom stereocenters. The van der Waals surface area contributed by atoms with E-state index in [-0.39, 0.29) is 28.6 Å². The Bertz CT molecular complexity index is 679. The first-order valence-electron chi connectivity index (χ1n) is 6.57. The fourth-order valence-electron chi connectivity index (χ4n) is 1.90. The fraction of sp³-hybridized carbons (Fsp3) is 0.200. The predicted molar refractivity (Wildman–Crippen MR) is 78.4 cm³/mol. The van der Waals surface area contributed by atoms with Crippen molar-refractivity contribution < 1.29 is 31.4 Å². The molecule has 0 aliphatic rings. The van der Waals surface area contributed by atoms with E-state index in [9.17, 15) is 22.0 Å². The number of hydrogen-bond acceptors (Lipinski definition) is 3. The van der Waals surface area contributed by atoms with Gasteiger partial charge in [0.1, 0.15) is 11.6 Å². The van der Waals surface area contributed by atoms with Crippen molar-refractivity contribution in [2.24, 2.45) is 0 Å². The molecule has 1 N–H and O–H groups in total. The molecule has 130 valence electrons. The van der Waals surface area contributed by atoms with Gasteiger partial charge in [0.2, 0.25) is 0 Å². The fourth-order valence-corrected chi connectivity index (χ4v) is 2.13. The van der Waals surface area contributed by atoms with E-state index >= 15 is 0 Å². The summed E-state index contributed by atoms with van der Waals surface area (Å²) in [4.78, 5) is 0. The third-order valence-electron chi connectivity index (χ3n) is 2.91. The van der Waals surface area contributed by atoms with Crippen molar-refractivity contribution in [3.63, 3.8) is 0 Å². The van der Waals surface area contributed by atoms with Crippen LogP contribution in [0.5, 0.6) is 11.5 Å². The summed E-state index contributed by atoms with van der Waals surface area (Å²) in [6.45, 7) is -6.41. The Kier molecular flexibility index (Phi) is 6.08. The first kappa shape index (κ1) is 18.1. The highest BCUT2D eigenvalue weighted by molar-refractivity contribution is 6.31. The Labute approximate surface area is 138 Å². The van der Waals surface area contributed by atoms with Crippen molar-refractivity contribution in [1.29, 1.82) is 0 Å². The van der Waals surface area contributed by atoms with Gasteiger partial charge in [0.05, 0.1) is 5.69 Å². The zero-order valence-corrected chi connectivity index (χ0v) is 12.7. The second-order valence-electron chi connectivity index (χ2n) is 4.47. The molecule has 0 bridgehead atoms. The lowest BCUT2D eigenvalue weighted by Crippen LogP contribution is -2.09. The molecule has 0 aliphatic heterocycles. The normalized spacial score (nSPS) is 11.0. The van der Waals surface area contributed by atoms with Crippen LogP contribution in [0, 0.1) is 5.82 Å². The van der Waals surface area contributed by atoms with Crippen molar-refractivity contribution in [1.82, 2.24) is 0 Å². The zero-order valence-electron chi connectivity index (χ0n) is 11.9. The summed E-state index contributed by atoms with van der Waals surface area (Å²) in [6.07, 6.45) is 0. The van der Waals surface area contributed by atoms with E-state index in [1.165, 1.54) is 24.3 Å². The van der Waals surface area contributed by atoms with Crippen molar-refractivity contribution >= 4 is 17.3 Å². The number of ether oxygens (including phenoxy) is 2. The molecule has 0 spiro atoms. The number of hydrogen-bond donors (Lipinski definition) is 1. The minimum atomic E-state index is -3.18. The molecule has 0 amide bonds. The van der Waals surface area contributed by atoms with E-state index < -0.39 is 24.8 Å². The maximum atomic E-state index is 13.7. The van der Waals surface area contributed by atoms with E-state index in [4.69, 9.17) is 11.6 Å². The molecule has 24 heavy (non-hydrogen) atoms. The average molecular weight is 368 g/mol. The molecular weight excluding hydrogens is 357 g/mol. The topological polar surface area (TPSA) is 30.5 Å². The molecule has 0 aromatic heterocycles. The van der Waals surface area contributed by atoms with E-state index in [0.29, 0.717) is 0 Å². The Hall–Kier alpha value is -2.22. The van der Waals surface area contributed by atoms with Gasteiger partial charge in [-0.3, -0.25) is 0 Å². The molecule has 0 saturated carbocycles. The summed E-state index contributed by atoms with van der Waals surface area (Å²) in [5.41, 5.74) is 0.159. The largest absolute Gasteiger partial charge is 0.435 e. The van der Waals surface area contributed by atoms with Gasteiger partial charge in [-0.15, -0.1) is 0 Å². The first-order chi connectivity index (χ1) is 11.4. The number of benzene rings is 2. The van der Waals surface area contributed by atoms with Crippen molar-refractivity contribution in [3.05, 3.63) is 52.8 Å². The quantitative estimate of drug-likeness (QED) is 0.674. The molecule has 0 radical (unpaired) electrons. The van der Waals surface area contributed by atoms with Crippen LogP contribution in [-0.4, -0.2) is 13.2 Å². The predicted octanol–water partition coefficient (Wildman–Crippen LogP) is 5.29. The summed E-state index contributed by atoms with van der Waals surface area (Å²) in [5.74, 6) is -1.35. The minimum absolute atomic E-state index is 0.0382. The number of nitrogens with one attached hydrogen (secondary N) is 1. The molecule has 0 unspecified atom stereocenters. The first-order valence-corrected chi connectivity index (χ1v) is 6.95. The van der Waals surface area contributed by atoms with Crippen LogP contribution in [0.4, 0.5) is 27.6 Å². The standard InChI is InChI=1S/C15H11ClF5NO2/c16-10-2-1-3-11(17)9(10)7-22-12-5-4-8(23-14(18)19)6-13(12)24-15(20)21/h1-6,14-15,22H,7H2. The van der Waals surface area contributed by atoms with Gasteiger partial charge in [0, 0.05) is 23.2 Å². The van der Waals surface area contributed by atoms with Crippen LogP contribution in [0.1, 0.15) is 5.56 Å². The van der Waals surface area contributed by atoms with Crippen molar-refractivity contribution in [2.45, 2.75) is 19.8 Å². The molecule has 3 nitrogen and oxygen atoms in total. The average Bonchev–Trinajstić information content (AvgIpc) is 2.47. The van der Waals surface area contributed by atoms with Crippen LogP contribution in [-0.2, 0) is 6.54 Å². The van der Waals surface area contributed by atoms with Crippen LogP contribution < -0.4 is 14.8 Å². The highest BCUT2D eigenvalue weighted by Crippen LogP contribution is 2.32. The highest BCUT2D eigenvalue weighted by Gasteiger charge is 2.14. The van der Waals surface area contributed by atoms with Crippen molar-refractivity contribution in [3.8, 4) is 11.5 Å². The van der Waals surface area contributed by atoms with Gasteiger partial charge in [0.15, 0.2) is 5.75 Å². The molecule has 0 saturated heterocycles. The molecular formula is C15H11ClF5NO2. The minimum Gasteiger partial charge on any atom is -0.435 e. The van der Waals surface area contributed by atoms with E-state index in [0.717, 1.165) is 12.1 Å². The van der Waals surface area contributed by atoms with E-state index in [1.54, 1.807) is 0 Å². The van der Waals surface area contributed by atoms with Crippen molar-refractivity contribution in [2.75, 3.05) is 5.32 Å². The van der Waals surface area contributed by atoms with Crippen LogP contribution in [0.25, 0.3) is 0 Å². The summed E-state index contributed by atoms with van der Waals surface area (Å²) in [6, 6.07) is 7.30. The van der Waals surface area contributed by atoms with Gasteiger partial charge >= 0.3 is 13.2 Å². The van der Waals surface area contributed by atoms with Gasteiger partial charge in [-0.1, -0.05) is 17.7 Å². The Morgan fingerprint density at radius 3 is 2.33 bits per heavy atom. The lowest BCUT2D eigenvalue weighted by molar-refractivity contribution is -0.0539. The lowest BCUT2D eigenvalue weighted by Gasteiger charge is -2.15. The Balaban J connectivity index is 2.21. The number of halogens is 6. The molecule has 0 fully saturated rings. The molecule has 0 aliphatic carbocycles. The molecule has 2 aromatic carbocycles. The summed E-state index contributed by atoms with van der Waals surface area (Å²) < 4.78 is 71.4. The number of anilines is 1. The summed E-state index contributed by atoms with van der Waals surface area (Å²) >= 11 is 5.87. The molecule has 0 heterocycles. The van der Waals surface area contributed by atoms with Gasteiger partial charge in [0.25, 0.3) is 0 Å². The van der Waals surface area contributed by atoms with Gasteiger partial charge in [-0.05, 0) is 24.3 Å². The third-order valence-corrected chi connectivity index (χ3v) is 3.27. The second-order valence-corrected chi connectivity index (χ2v) is 4.88. The van der Waals surface area contributed by atoms with Gasteiger partial charge in [-0.2, -0.15) is 17.6 Å².